The number of rotatable bonds is 4. The molecule has 104 valence electrons. The van der Waals surface area contributed by atoms with Crippen molar-refractivity contribution in [3.63, 3.8) is 0 Å². The van der Waals surface area contributed by atoms with E-state index in [1.165, 1.54) is 0 Å². The maximum atomic E-state index is 11.8. The van der Waals surface area contributed by atoms with Crippen molar-refractivity contribution in [3.05, 3.63) is 28.7 Å². The summed E-state index contributed by atoms with van der Waals surface area (Å²) in [4.78, 5) is 11.8. The molecule has 1 aromatic rings. The van der Waals surface area contributed by atoms with Crippen LogP contribution in [0.4, 0.5) is 0 Å². The quantitative estimate of drug-likeness (QED) is 0.890. The highest BCUT2D eigenvalue weighted by atomic mass is 79.9. The molecule has 2 unspecified atom stereocenters. The van der Waals surface area contributed by atoms with Crippen LogP contribution in [0, 0.1) is 5.41 Å². The predicted molar refractivity (Wildman–Crippen MR) is 76.0 cm³/mol. The molecule has 0 spiro atoms. The summed E-state index contributed by atoms with van der Waals surface area (Å²) in [6.07, 6.45) is 0.266. The second kappa shape index (κ2) is 5.51. The normalized spacial score (nSPS) is 24.4. The Kier molecular flexibility index (Phi) is 4.16. The van der Waals surface area contributed by atoms with Gasteiger partial charge in [0.2, 0.25) is 0 Å². The van der Waals surface area contributed by atoms with E-state index >= 15 is 0 Å². The lowest BCUT2D eigenvalue weighted by atomic mass is 9.64. The maximum absolute atomic E-state index is 11.8. The zero-order valence-electron chi connectivity index (χ0n) is 11.0. The van der Waals surface area contributed by atoms with Crippen molar-refractivity contribution in [1.29, 1.82) is 0 Å². The Morgan fingerprint density at radius 2 is 2.11 bits per heavy atom. The highest BCUT2D eigenvalue weighted by molar-refractivity contribution is 9.10. The summed E-state index contributed by atoms with van der Waals surface area (Å²) in [5.41, 5.74) is -0.257. The summed E-state index contributed by atoms with van der Waals surface area (Å²) in [5.74, 6) is 0.499. The monoisotopic (exact) mass is 327 g/mol. The minimum atomic E-state index is -0.342. The van der Waals surface area contributed by atoms with Crippen LogP contribution in [-0.2, 0) is 4.79 Å². The molecule has 5 heteroatoms. The van der Waals surface area contributed by atoms with Gasteiger partial charge >= 0.3 is 0 Å². The topological polar surface area (TPSA) is 58.6 Å². The zero-order chi connectivity index (χ0) is 14.0. The van der Waals surface area contributed by atoms with Gasteiger partial charge < -0.3 is 15.2 Å². The Balaban J connectivity index is 1.78. The molecule has 1 amide bonds. The van der Waals surface area contributed by atoms with Gasteiger partial charge in [-0.05, 0) is 30.7 Å². The van der Waals surface area contributed by atoms with Gasteiger partial charge in [-0.1, -0.05) is 29.8 Å². The molecule has 1 aliphatic carbocycles. The van der Waals surface area contributed by atoms with E-state index in [9.17, 15) is 9.90 Å². The van der Waals surface area contributed by atoms with Gasteiger partial charge in [0.15, 0.2) is 6.61 Å². The molecular weight excluding hydrogens is 310 g/mol. The number of halogens is 1. The van der Waals surface area contributed by atoms with Gasteiger partial charge in [-0.25, -0.2) is 0 Å². The molecule has 1 saturated carbocycles. The molecule has 1 aromatic carbocycles. The molecule has 0 saturated heterocycles. The van der Waals surface area contributed by atoms with Gasteiger partial charge in [0.25, 0.3) is 5.91 Å². The molecule has 0 aliphatic heterocycles. The van der Waals surface area contributed by atoms with E-state index in [0.717, 1.165) is 4.47 Å². The lowest BCUT2D eigenvalue weighted by molar-refractivity contribution is -0.131. The van der Waals surface area contributed by atoms with E-state index in [1.54, 1.807) is 12.1 Å². The summed E-state index contributed by atoms with van der Waals surface area (Å²) in [6, 6.07) is 7.34. The number of hydrogen-bond acceptors (Lipinski definition) is 3. The number of carbonyl (C=O) groups excluding carboxylic acids is 1. The van der Waals surface area contributed by atoms with Crippen LogP contribution in [0.5, 0.6) is 5.75 Å². The number of hydrogen-bond donors (Lipinski definition) is 2. The predicted octanol–water partition coefficient (Wildman–Crippen LogP) is 2.10. The third-order valence-corrected chi connectivity index (χ3v) is 4.26. The van der Waals surface area contributed by atoms with Crippen molar-refractivity contribution in [1.82, 2.24) is 5.32 Å². The number of ether oxygens (including phenoxy) is 1. The average Bonchev–Trinajstić information content (AvgIpc) is 2.38. The lowest BCUT2D eigenvalue weighted by Crippen LogP contribution is -2.61. The molecule has 0 radical (unpaired) electrons. The van der Waals surface area contributed by atoms with Gasteiger partial charge in [-0.3, -0.25) is 4.79 Å². The maximum Gasteiger partial charge on any atom is 0.258 e. The minimum absolute atomic E-state index is 0.00962. The first-order chi connectivity index (χ1) is 8.89. The molecule has 2 rings (SSSR count). The van der Waals surface area contributed by atoms with Crippen molar-refractivity contribution in [2.45, 2.75) is 32.4 Å². The highest BCUT2D eigenvalue weighted by Gasteiger charge is 2.47. The molecule has 2 N–H and O–H groups in total. The number of carbonyl (C=O) groups is 1. The van der Waals surface area contributed by atoms with E-state index < -0.39 is 0 Å². The fraction of sp³-hybridized carbons (Fsp3) is 0.500. The zero-order valence-corrected chi connectivity index (χ0v) is 12.6. The van der Waals surface area contributed by atoms with Crippen LogP contribution in [-0.4, -0.2) is 29.8 Å². The van der Waals surface area contributed by atoms with Crippen LogP contribution >= 0.6 is 15.9 Å². The first-order valence-corrected chi connectivity index (χ1v) is 7.04. The largest absolute Gasteiger partial charge is 0.484 e. The van der Waals surface area contributed by atoms with Crippen LogP contribution in [0.3, 0.4) is 0 Å². The van der Waals surface area contributed by atoms with Crippen molar-refractivity contribution >= 4 is 21.8 Å². The summed E-state index contributed by atoms with van der Waals surface area (Å²) < 4.78 is 6.36. The van der Waals surface area contributed by atoms with E-state index in [1.807, 2.05) is 26.0 Å². The second-order valence-corrected chi connectivity index (χ2v) is 6.35. The first-order valence-electron chi connectivity index (χ1n) is 6.25. The van der Waals surface area contributed by atoms with E-state index in [0.29, 0.717) is 12.2 Å². The number of amides is 1. The van der Waals surface area contributed by atoms with E-state index in [4.69, 9.17) is 4.74 Å². The molecule has 2 atom stereocenters. The average molecular weight is 328 g/mol. The van der Waals surface area contributed by atoms with Crippen molar-refractivity contribution in [2.24, 2.45) is 5.41 Å². The number of nitrogens with one attached hydrogen (secondary N) is 1. The molecule has 1 aliphatic rings. The fourth-order valence-corrected chi connectivity index (χ4v) is 2.33. The van der Waals surface area contributed by atoms with Crippen LogP contribution < -0.4 is 10.1 Å². The Bertz CT molecular complexity index is 458. The summed E-state index contributed by atoms with van der Waals surface area (Å²) in [6.45, 7) is 3.88. The van der Waals surface area contributed by atoms with Gasteiger partial charge in [0.05, 0.1) is 6.10 Å². The minimum Gasteiger partial charge on any atom is -0.484 e. The summed E-state index contributed by atoms with van der Waals surface area (Å²) in [5, 5.41) is 12.5. The second-order valence-electron chi connectivity index (χ2n) is 5.44. The molecule has 4 nitrogen and oxygen atoms in total. The number of benzene rings is 1. The van der Waals surface area contributed by atoms with Crippen LogP contribution in [0.2, 0.25) is 0 Å². The van der Waals surface area contributed by atoms with Crippen LogP contribution in [0.15, 0.2) is 28.7 Å². The Hall–Kier alpha value is -1.07. The Morgan fingerprint density at radius 1 is 1.47 bits per heavy atom. The van der Waals surface area contributed by atoms with Crippen molar-refractivity contribution in [2.75, 3.05) is 6.61 Å². The smallest absolute Gasteiger partial charge is 0.258 e. The SMILES string of the molecule is CC1(C)C(O)CC1NC(=O)COc1ccc(Br)cc1. The summed E-state index contributed by atoms with van der Waals surface area (Å²) in [7, 11) is 0. The highest BCUT2D eigenvalue weighted by Crippen LogP contribution is 2.40. The van der Waals surface area contributed by atoms with Gasteiger partial charge in [-0.15, -0.1) is 0 Å². The number of aliphatic hydroxyl groups excluding tert-OH is 1. The first kappa shape index (κ1) is 14.3. The summed E-state index contributed by atoms with van der Waals surface area (Å²) >= 11 is 3.33. The molecule has 19 heavy (non-hydrogen) atoms. The number of aliphatic hydroxyl groups is 1. The molecule has 0 heterocycles. The third kappa shape index (κ3) is 3.28. The lowest BCUT2D eigenvalue weighted by Gasteiger charge is -2.49. The molecular formula is C14H18BrNO3. The van der Waals surface area contributed by atoms with Gasteiger partial charge in [-0.2, -0.15) is 0 Å². The Morgan fingerprint density at radius 3 is 2.63 bits per heavy atom. The molecule has 1 fully saturated rings. The third-order valence-electron chi connectivity index (χ3n) is 3.73. The van der Waals surface area contributed by atoms with Crippen molar-refractivity contribution < 1.29 is 14.6 Å². The van der Waals surface area contributed by atoms with Gasteiger partial charge in [0.1, 0.15) is 5.75 Å². The van der Waals surface area contributed by atoms with Crippen LogP contribution in [0.1, 0.15) is 20.3 Å². The van der Waals surface area contributed by atoms with Crippen LogP contribution in [0.25, 0.3) is 0 Å². The van der Waals surface area contributed by atoms with E-state index in [2.05, 4.69) is 21.2 Å². The molecule has 0 bridgehead atoms. The Labute approximate surface area is 121 Å². The molecule has 0 aromatic heterocycles. The fourth-order valence-electron chi connectivity index (χ4n) is 2.06. The van der Waals surface area contributed by atoms with E-state index in [-0.39, 0.29) is 30.1 Å². The van der Waals surface area contributed by atoms with Crippen molar-refractivity contribution in [3.8, 4) is 5.75 Å². The van der Waals surface area contributed by atoms with Gasteiger partial charge in [0, 0.05) is 15.9 Å². The standard InChI is InChI=1S/C14H18BrNO3/c1-14(2)11(7-12(14)17)16-13(18)8-19-10-5-3-9(15)4-6-10/h3-6,11-12,17H,7-8H2,1-2H3,(H,16,18).